The van der Waals surface area contributed by atoms with Crippen molar-refractivity contribution in [3.8, 4) is 0 Å². The van der Waals surface area contributed by atoms with Crippen LogP contribution in [-0.2, 0) is 9.53 Å². The summed E-state index contributed by atoms with van der Waals surface area (Å²) in [5.41, 5.74) is 5.24. The van der Waals surface area contributed by atoms with Crippen molar-refractivity contribution < 1.29 is 9.53 Å². The summed E-state index contributed by atoms with van der Waals surface area (Å²) in [6, 6.07) is 0. The molecule has 0 radical (unpaired) electrons. The quantitative estimate of drug-likeness (QED) is 0.578. The molecule has 1 heterocycles. The van der Waals surface area contributed by atoms with Gasteiger partial charge in [0, 0.05) is 13.1 Å². The number of esters is 1. The highest BCUT2D eigenvalue weighted by Gasteiger charge is 2.43. The van der Waals surface area contributed by atoms with Crippen LogP contribution in [0.1, 0.15) is 13.3 Å². The van der Waals surface area contributed by atoms with E-state index in [1.54, 1.807) is 0 Å². The standard InChI is InChI=1S/C9H18N2O2/c1-7-6-11(2)5-4-9(7,10)8(12)13-3/h7H,4-6,10H2,1-3H3. The first-order valence-corrected chi connectivity index (χ1v) is 4.56. The van der Waals surface area contributed by atoms with Crippen molar-refractivity contribution in [1.82, 2.24) is 4.90 Å². The predicted octanol–water partition coefficient (Wildman–Crippen LogP) is -0.171. The van der Waals surface area contributed by atoms with Gasteiger partial charge >= 0.3 is 5.97 Å². The first kappa shape index (κ1) is 10.5. The van der Waals surface area contributed by atoms with Crippen molar-refractivity contribution in [3.63, 3.8) is 0 Å². The average molecular weight is 186 g/mol. The molecule has 1 aliphatic rings. The van der Waals surface area contributed by atoms with Crippen LogP contribution in [0.5, 0.6) is 0 Å². The van der Waals surface area contributed by atoms with Crippen LogP contribution in [0, 0.1) is 5.92 Å². The van der Waals surface area contributed by atoms with Gasteiger partial charge in [0.25, 0.3) is 0 Å². The Morgan fingerprint density at radius 3 is 2.77 bits per heavy atom. The molecule has 1 fully saturated rings. The Balaban J connectivity index is 2.73. The topological polar surface area (TPSA) is 55.6 Å². The lowest BCUT2D eigenvalue weighted by molar-refractivity contribution is -0.151. The van der Waals surface area contributed by atoms with E-state index in [0.717, 1.165) is 13.1 Å². The molecule has 4 heteroatoms. The molecule has 2 N–H and O–H groups in total. The average Bonchev–Trinajstić information content (AvgIpc) is 2.11. The number of carbonyl (C=O) groups excluding carboxylic acids is 1. The van der Waals surface area contributed by atoms with E-state index in [9.17, 15) is 4.79 Å². The van der Waals surface area contributed by atoms with Crippen LogP contribution >= 0.6 is 0 Å². The molecule has 0 aromatic rings. The van der Waals surface area contributed by atoms with E-state index < -0.39 is 5.54 Å². The lowest BCUT2D eigenvalue weighted by Crippen LogP contribution is -2.60. The smallest absolute Gasteiger partial charge is 0.326 e. The minimum atomic E-state index is -0.777. The number of hydrogen-bond acceptors (Lipinski definition) is 4. The number of hydrogen-bond donors (Lipinski definition) is 1. The molecule has 13 heavy (non-hydrogen) atoms. The molecular weight excluding hydrogens is 168 g/mol. The Hall–Kier alpha value is -0.610. The third-order valence-corrected chi connectivity index (χ3v) is 2.94. The van der Waals surface area contributed by atoms with E-state index in [4.69, 9.17) is 10.5 Å². The number of nitrogens with two attached hydrogens (primary N) is 1. The molecule has 2 unspecified atom stereocenters. The van der Waals surface area contributed by atoms with Gasteiger partial charge in [-0.25, -0.2) is 0 Å². The third kappa shape index (κ3) is 1.84. The van der Waals surface area contributed by atoms with Gasteiger partial charge in [-0.1, -0.05) is 6.92 Å². The van der Waals surface area contributed by atoms with Crippen molar-refractivity contribution in [2.45, 2.75) is 18.9 Å². The zero-order chi connectivity index (χ0) is 10.1. The Morgan fingerprint density at radius 1 is 1.69 bits per heavy atom. The minimum absolute atomic E-state index is 0.152. The zero-order valence-electron chi connectivity index (χ0n) is 8.54. The minimum Gasteiger partial charge on any atom is -0.468 e. The number of carbonyl (C=O) groups is 1. The number of ether oxygens (including phenoxy) is 1. The van der Waals surface area contributed by atoms with Gasteiger partial charge in [0.15, 0.2) is 0 Å². The molecule has 1 rings (SSSR count). The molecule has 76 valence electrons. The molecule has 0 saturated carbocycles. The molecule has 1 aliphatic heterocycles. The second-order valence-electron chi connectivity index (χ2n) is 3.95. The van der Waals surface area contributed by atoms with Crippen molar-refractivity contribution in [1.29, 1.82) is 0 Å². The number of likely N-dealkylation sites (tertiary alicyclic amines) is 1. The van der Waals surface area contributed by atoms with Gasteiger partial charge in [-0.2, -0.15) is 0 Å². The first-order chi connectivity index (χ1) is 6.00. The molecule has 0 amide bonds. The van der Waals surface area contributed by atoms with Crippen LogP contribution in [0.3, 0.4) is 0 Å². The van der Waals surface area contributed by atoms with E-state index in [0.29, 0.717) is 6.42 Å². The molecule has 0 aromatic carbocycles. The van der Waals surface area contributed by atoms with Gasteiger partial charge in [0.1, 0.15) is 5.54 Å². The van der Waals surface area contributed by atoms with Crippen molar-refractivity contribution in [3.05, 3.63) is 0 Å². The van der Waals surface area contributed by atoms with Crippen LogP contribution in [-0.4, -0.2) is 43.7 Å². The molecule has 2 atom stereocenters. The second kappa shape index (κ2) is 3.64. The van der Waals surface area contributed by atoms with Crippen LogP contribution in [0.25, 0.3) is 0 Å². The SMILES string of the molecule is COC(=O)C1(N)CCN(C)CC1C. The highest BCUT2D eigenvalue weighted by Crippen LogP contribution is 2.25. The van der Waals surface area contributed by atoms with Crippen LogP contribution in [0.2, 0.25) is 0 Å². The largest absolute Gasteiger partial charge is 0.468 e. The van der Waals surface area contributed by atoms with Gasteiger partial charge in [0.2, 0.25) is 0 Å². The lowest BCUT2D eigenvalue weighted by atomic mass is 9.80. The molecule has 0 aromatic heterocycles. The molecular formula is C9H18N2O2. The fourth-order valence-electron chi connectivity index (χ4n) is 1.84. The van der Waals surface area contributed by atoms with E-state index in [-0.39, 0.29) is 11.9 Å². The summed E-state index contributed by atoms with van der Waals surface area (Å²) in [5.74, 6) is -0.133. The summed E-state index contributed by atoms with van der Waals surface area (Å²) in [6.07, 6.45) is 0.678. The summed E-state index contributed by atoms with van der Waals surface area (Å²) in [4.78, 5) is 13.6. The molecule has 4 nitrogen and oxygen atoms in total. The number of nitrogens with zero attached hydrogens (tertiary/aromatic N) is 1. The van der Waals surface area contributed by atoms with Gasteiger partial charge in [0.05, 0.1) is 7.11 Å². The van der Waals surface area contributed by atoms with Gasteiger partial charge < -0.3 is 15.4 Å². The third-order valence-electron chi connectivity index (χ3n) is 2.94. The maximum Gasteiger partial charge on any atom is 0.326 e. The summed E-state index contributed by atoms with van der Waals surface area (Å²) in [5, 5.41) is 0. The number of piperidine rings is 1. The van der Waals surface area contributed by atoms with Crippen LogP contribution in [0.15, 0.2) is 0 Å². The molecule has 0 spiro atoms. The van der Waals surface area contributed by atoms with E-state index in [2.05, 4.69) is 4.90 Å². The van der Waals surface area contributed by atoms with Gasteiger partial charge in [-0.15, -0.1) is 0 Å². The van der Waals surface area contributed by atoms with E-state index in [1.807, 2.05) is 14.0 Å². The summed E-state index contributed by atoms with van der Waals surface area (Å²) in [7, 11) is 3.43. The summed E-state index contributed by atoms with van der Waals surface area (Å²) < 4.78 is 4.72. The predicted molar refractivity (Wildman–Crippen MR) is 50.2 cm³/mol. The summed E-state index contributed by atoms with van der Waals surface area (Å²) in [6.45, 7) is 3.70. The number of methoxy groups -OCH3 is 1. The highest BCUT2D eigenvalue weighted by atomic mass is 16.5. The normalized spacial score (nSPS) is 35.8. The monoisotopic (exact) mass is 186 g/mol. The molecule has 1 saturated heterocycles. The van der Waals surface area contributed by atoms with Crippen LogP contribution in [0.4, 0.5) is 0 Å². The Labute approximate surface area is 79.0 Å². The first-order valence-electron chi connectivity index (χ1n) is 4.56. The van der Waals surface area contributed by atoms with Gasteiger partial charge in [-0.05, 0) is 19.4 Å². The Bertz CT molecular complexity index is 208. The maximum absolute atomic E-state index is 11.4. The lowest BCUT2D eigenvalue weighted by Gasteiger charge is -2.40. The van der Waals surface area contributed by atoms with Gasteiger partial charge in [-0.3, -0.25) is 4.79 Å². The van der Waals surface area contributed by atoms with Crippen LogP contribution < -0.4 is 5.73 Å². The molecule has 0 bridgehead atoms. The Morgan fingerprint density at radius 2 is 2.31 bits per heavy atom. The maximum atomic E-state index is 11.4. The zero-order valence-corrected chi connectivity index (χ0v) is 8.54. The number of rotatable bonds is 1. The fraction of sp³-hybridized carbons (Fsp3) is 0.889. The van der Waals surface area contributed by atoms with Crippen molar-refractivity contribution >= 4 is 5.97 Å². The van der Waals surface area contributed by atoms with Crippen molar-refractivity contribution in [2.75, 3.05) is 27.2 Å². The second-order valence-corrected chi connectivity index (χ2v) is 3.95. The van der Waals surface area contributed by atoms with E-state index in [1.165, 1.54) is 7.11 Å². The molecule has 0 aliphatic carbocycles. The highest BCUT2D eigenvalue weighted by molar-refractivity contribution is 5.81. The fourth-order valence-corrected chi connectivity index (χ4v) is 1.84. The summed E-state index contributed by atoms with van der Waals surface area (Å²) >= 11 is 0. The van der Waals surface area contributed by atoms with Crippen molar-refractivity contribution in [2.24, 2.45) is 11.7 Å². The van der Waals surface area contributed by atoms with E-state index >= 15 is 0 Å². The Kier molecular flexibility index (Phi) is 2.93.